The Morgan fingerprint density at radius 3 is 2.39 bits per heavy atom. The average molecular weight is 418 g/mol. The molecule has 2 aromatic carbocycles. The Balaban J connectivity index is 1.79. The highest BCUT2D eigenvalue weighted by Gasteiger charge is 2.15. The lowest BCUT2D eigenvalue weighted by Gasteiger charge is -2.16. The molecule has 1 heterocycles. The maximum absolute atomic E-state index is 12.5. The van der Waals surface area contributed by atoms with Crippen molar-refractivity contribution in [3.8, 4) is 0 Å². The van der Waals surface area contributed by atoms with Crippen molar-refractivity contribution in [3.05, 3.63) is 59.0 Å². The molecule has 0 bridgehead atoms. The van der Waals surface area contributed by atoms with Crippen LogP contribution >= 0.6 is 11.3 Å². The third-order valence-electron chi connectivity index (χ3n) is 4.17. The number of nitrogens with zero attached hydrogens (tertiary/aromatic N) is 1. The predicted octanol–water partition coefficient (Wildman–Crippen LogP) is 2.58. The molecule has 0 fully saturated rings. The molecule has 0 aliphatic carbocycles. The number of amides is 2. The molecule has 3 N–H and O–H groups in total. The fourth-order valence-electron chi connectivity index (χ4n) is 2.63. The van der Waals surface area contributed by atoms with E-state index in [1.807, 2.05) is 0 Å². The van der Waals surface area contributed by atoms with Crippen LogP contribution in [0.1, 0.15) is 15.2 Å². The lowest BCUT2D eigenvalue weighted by molar-refractivity contribution is -0.117. The van der Waals surface area contributed by atoms with Gasteiger partial charge in [0.1, 0.15) is 0 Å². The number of nitrogens with one attached hydrogen (secondary N) is 1. The van der Waals surface area contributed by atoms with Gasteiger partial charge in [0.2, 0.25) is 15.9 Å². The SMILES string of the molecule is CN(c1ccc2sc(C(=O)Nc3ccc(CC(N)=O)cc3)cc2c1)S(C)(=O)=O. The van der Waals surface area contributed by atoms with Crippen LogP contribution in [0.5, 0.6) is 0 Å². The van der Waals surface area contributed by atoms with Gasteiger partial charge in [-0.05, 0) is 47.3 Å². The highest BCUT2D eigenvalue weighted by molar-refractivity contribution is 7.92. The molecule has 0 saturated carbocycles. The van der Waals surface area contributed by atoms with Gasteiger partial charge in [-0.25, -0.2) is 8.42 Å². The van der Waals surface area contributed by atoms with Gasteiger partial charge < -0.3 is 11.1 Å². The summed E-state index contributed by atoms with van der Waals surface area (Å²) in [5.74, 6) is -0.676. The number of thiophene rings is 1. The molecular formula is C19H19N3O4S2. The normalized spacial score (nSPS) is 11.4. The van der Waals surface area contributed by atoms with Crippen molar-refractivity contribution >= 4 is 54.6 Å². The zero-order chi connectivity index (χ0) is 20.5. The summed E-state index contributed by atoms with van der Waals surface area (Å²) in [5, 5.41) is 3.60. The van der Waals surface area contributed by atoms with Gasteiger partial charge in [-0.15, -0.1) is 11.3 Å². The van der Waals surface area contributed by atoms with Crippen LogP contribution in [0.15, 0.2) is 48.5 Å². The fraction of sp³-hybridized carbons (Fsp3) is 0.158. The van der Waals surface area contributed by atoms with Crippen molar-refractivity contribution in [2.45, 2.75) is 6.42 Å². The molecule has 0 unspecified atom stereocenters. The summed E-state index contributed by atoms with van der Waals surface area (Å²) in [6.45, 7) is 0. The summed E-state index contributed by atoms with van der Waals surface area (Å²) >= 11 is 1.32. The van der Waals surface area contributed by atoms with Gasteiger partial charge in [-0.3, -0.25) is 13.9 Å². The predicted molar refractivity (Wildman–Crippen MR) is 112 cm³/mol. The third-order valence-corrected chi connectivity index (χ3v) is 6.50. The summed E-state index contributed by atoms with van der Waals surface area (Å²) in [6, 6.07) is 13.9. The minimum Gasteiger partial charge on any atom is -0.369 e. The number of nitrogens with two attached hydrogens (primary N) is 1. The number of rotatable bonds is 6. The number of carbonyl (C=O) groups excluding carboxylic acids is 2. The number of benzene rings is 2. The van der Waals surface area contributed by atoms with Gasteiger partial charge in [-0.1, -0.05) is 12.1 Å². The molecule has 7 nitrogen and oxygen atoms in total. The molecule has 0 spiro atoms. The monoisotopic (exact) mass is 417 g/mol. The Hall–Kier alpha value is -2.91. The molecule has 0 atom stereocenters. The molecule has 146 valence electrons. The molecule has 9 heteroatoms. The van der Waals surface area contributed by atoms with E-state index < -0.39 is 15.9 Å². The maximum Gasteiger partial charge on any atom is 0.265 e. The van der Waals surface area contributed by atoms with E-state index in [9.17, 15) is 18.0 Å². The number of fused-ring (bicyclic) bond motifs is 1. The second-order valence-corrected chi connectivity index (χ2v) is 9.45. The van der Waals surface area contributed by atoms with E-state index in [-0.39, 0.29) is 12.3 Å². The summed E-state index contributed by atoms with van der Waals surface area (Å²) in [6.07, 6.45) is 1.28. The highest BCUT2D eigenvalue weighted by atomic mass is 32.2. The zero-order valence-corrected chi connectivity index (χ0v) is 16.9. The minimum absolute atomic E-state index is 0.148. The van der Waals surface area contributed by atoms with Crippen molar-refractivity contribution < 1.29 is 18.0 Å². The largest absolute Gasteiger partial charge is 0.369 e. The Morgan fingerprint density at radius 1 is 1.11 bits per heavy atom. The standard InChI is InChI=1S/C19H19N3O4S2/c1-22(28(2,25)26)15-7-8-16-13(10-15)11-17(27-16)19(24)21-14-5-3-12(4-6-14)9-18(20)23/h3-8,10-11H,9H2,1-2H3,(H2,20,23)(H,21,24). The van der Waals surface area contributed by atoms with Crippen LogP contribution in [0, 0.1) is 0 Å². The molecule has 0 aliphatic heterocycles. The zero-order valence-electron chi connectivity index (χ0n) is 15.3. The van der Waals surface area contributed by atoms with E-state index in [4.69, 9.17) is 5.73 Å². The first kappa shape index (κ1) is 19.8. The second kappa shape index (κ2) is 7.61. The lowest BCUT2D eigenvalue weighted by atomic mass is 10.1. The average Bonchev–Trinajstić information content (AvgIpc) is 3.05. The van der Waals surface area contributed by atoms with Gasteiger partial charge in [0, 0.05) is 17.4 Å². The first-order valence-electron chi connectivity index (χ1n) is 8.29. The van der Waals surface area contributed by atoms with E-state index in [1.165, 1.54) is 22.7 Å². The van der Waals surface area contributed by atoms with Gasteiger partial charge in [-0.2, -0.15) is 0 Å². The smallest absolute Gasteiger partial charge is 0.265 e. The second-order valence-electron chi connectivity index (χ2n) is 6.36. The Bertz CT molecular complexity index is 1150. The number of carbonyl (C=O) groups is 2. The maximum atomic E-state index is 12.5. The Labute approximate surface area is 166 Å². The fourth-order valence-corrected chi connectivity index (χ4v) is 4.06. The van der Waals surface area contributed by atoms with Gasteiger partial charge >= 0.3 is 0 Å². The quantitative estimate of drug-likeness (QED) is 0.642. The van der Waals surface area contributed by atoms with Crippen molar-refractivity contribution in [2.24, 2.45) is 5.73 Å². The number of hydrogen-bond donors (Lipinski definition) is 2. The Morgan fingerprint density at radius 2 is 1.79 bits per heavy atom. The van der Waals surface area contributed by atoms with Crippen molar-refractivity contribution in [1.29, 1.82) is 0 Å². The highest BCUT2D eigenvalue weighted by Crippen LogP contribution is 2.30. The molecule has 1 aromatic heterocycles. The van der Waals surface area contributed by atoms with Crippen LogP contribution in [-0.2, 0) is 21.2 Å². The van der Waals surface area contributed by atoms with Crippen LogP contribution in [0.2, 0.25) is 0 Å². The Kier molecular flexibility index (Phi) is 5.39. The van der Waals surface area contributed by atoms with E-state index in [0.29, 0.717) is 16.3 Å². The van der Waals surface area contributed by atoms with E-state index in [0.717, 1.165) is 21.9 Å². The van der Waals surface area contributed by atoms with E-state index >= 15 is 0 Å². The molecule has 0 aliphatic rings. The lowest BCUT2D eigenvalue weighted by Crippen LogP contribution is -2.24. The number of hydrogen-bond acceptors (Lipinski definition) is 5. The molecular weight excluding hydrogens is 398 g/mol. The first-order chi connectivity index (χ1) is 13.1. The molecule has 28 heavy (non-hydrogen) atoms. The number of primary amides is 1. The summed E-state index contributed by atoms with van der Waals surface area (Å²) < 4.78 is 25.5. The summed E-state index contributed by atoms with van der Waals surface area (Å²) in [7, 11) is -1.87. The first-order valence-corrected chi connectivity index (χ1v) is 11.0. The van der Waals surface area contributed by atoms with Crippen molar-refractivity contribution in [2.75, 3.05) is 22.9 Å². The summed E-state index contributed by atoms with van der Waals surface area (Å²) in [5.41, 5.74) is 7.08. The third kappa shape index (κ3) is 4.49. The van der Waals surface area contributed by atoms with Crippen LogP contribution in [0.3, 0.4) is 0 Å². The topological polar surface area (TPSA) is 110 Å². The van der Waals surface area contributed by atoms with Gasteiger partial charge in [0.25, 0.3) is 5.91 Å². The number of sulfonamides is 1. The van der Waals surface area contributed by atoms with Crippen molar-refractivity contribution in [1.82, 2.24) is 0 Å². The molecule has 0 radical (unpaired) electrons. The minimum atomic E-state index is -3.36. The van der Waals surface area contributed by atoms with Crippen LogP contribution in [-0.4, -0.2) is 33.5 Å². The van der Waals surface area contributed by atoms with Gasteiger partial charge in [0.15, 0.2) is 0 Å². The van der Waals surface area contributed by atoms with Crippen LogP contribution in [0.4, 0.5) is 11.4 Å². The van der Waals surface area contributed by atoms with Crippen LogP contribution in [0.25, 0.3) is 10.1 Å². The summed E-state index contributed by atoms with van der Waals surface area (Å²) in [4.78, 5) is 24.0. The molecule has 3 aromatic rings. The molecule has 0 saturated heterocycles. The molecule has 2 amide bonds. The van der Waals surface area contributed by atoms with E-state index in [1.54, 1.807) is 48.5 Å². The van der Waals surface area contributed by atoms with Crippen molar-refractivity contribution in [3.63, 3.8) is 0 Å². The van der Waals surface area contributed by atoms with Gasteiger partial charge in [0.05, 0.1) is 23.2 Å². The number of anilines is 2. The van der Waals surface area contributed by atoms with E-state index in [2.05, 4.69) is 5.32 Å². The molecule has 3 rings (SSSR count). The van der Waals surface area contributed by atoms with Crippen LogP contribution < -0.4 is 15.4 Å².